The van der Waals surface area contributed by atoms with Gasteiger partial charge in [0, 0.05) is 131 Å². The molecular weight excluding hydrogens is 1320 g/mol. The third-order valence-electron chi connectivity index (χ3n) is 21.6. The second kappa shape index (κ2) is 40.8. The van der Waals surface area contributed by atoms with Crippen molar-refractivity contribution in [1.82, 2.24) is 34.7 Å². The summed E-state index contributed by atoms with van der Waals surface area (Å²) in [6.07, 6.45) is 21.8. The highest BCUT2D eigenvalue weighted by molar-refractivity contribution is 6.00. The molecule has 18 nitrogen and oxygen atoms in total. The molecule has 2 aliphatic carbocycles. The Labute approximate surface area is 631 Å². The number of amides is 9. The van der Waals surface area contributed by atoms with Crippen LogP contribution in [0.3, 0.4) is 0 Å². The van der Waals surface area contributed by atoms with Crippen molar-refractivity contribution in [3.8, 4) is 0 Å². The molecule has 0 aromatic heterocycles. The van der Waals surface area contributed by atoms with Gasteiger partial charge < -0.3 is 61.3 Å². The van der Waals surface area contributed by atoms with Crippen molar-refractivity contribution in [1.29, 1.82) is 0 Å². The second-order valence-corrected chi connectivity index (χ2v) is 29.7. The Bertz CT molecular complexity index is 3940. The molecule has 6 N–H and O–H groups in total. The maximum atomic E-state index is 13.7. The number of nitrogens with zero attached hydrogens (tertiary/aromatic N) is 6. The summed E-state index contributed by atoms with van der Waals surface area (Å²) in [4.78, 5) is 89.6. The number of hydrogen-bond donors (Lipinski definition) is 6. The van der Waals surface area contributed by atoms with E-state index in [4.69, 9.17) is 0 Å². The number of rotatable bonds is 27. The van der Waals surface area contributed by atoms with Gasteiger partial charge in [0.25, 0.3) is 0 Å². The molecule has 11 rings (SSSR count). The van der Waals surface area contributed by atoms with Crippen LogP contribution in [0, 0.1) is 38.5 Å². The van der Waals surface area contributed by atoms with E-state index in [1.165, 1.54) is 63.3 Å². The van der Waals surface area contributed by atoms with Crippen molar-refractivity contribution < 1.29 is 28.8 Å². The predicted octanol–water partition coefficient (Wildman–Crippen LogP) is 17.1. The number of para-hydroxylation sites is 1. The maximum absolute atomic E-state index is 13.7. The number of fused-ring (bicyclic) bond motifs is 2. The van der Waals surface area contributed by atoms with Gasteiger partial charge in [-0.2, -0.15) is 0 Å². The Balaban J connectivity index is 0.000000184. The molecule has 5 atom stereocenters. The maximum Gasteiger partial charge on any atom is 0.322 e. The highest BCUT2D eigenvalue weighted by atomic mass is 16.2. The number of carbonyl (C=O) groups excluding carboxylic acids is 6. The number of likely N-dealkylation sites (tertiary alicyclic amines) is 3. The number of carbonyl (C=O) groups is 6. The lowest BCUT2D eigenvalue weighted by atomic mass is 9.92. The van der Waals surface area contributed by atoms with Gasteiger partial charge in [-0.05, 0) is 228 Å². The van der Waals surface area contributed by atoms with Gasteiger partial charge in [-0.1, -0.05) is 150 Å². The molecule has 2 bridgehead atoms. The quantitative estimate of drug-likeness (QED) is 0.0215. The summed E-state index contributed by atoms with van der Waals surface area (Å²) in [5.74, 6) is 1.65. The van der Waals surface area contributed by atoms with Crippen molar-refractivity contribution in [3.63, 3.8) is 0 Å². The zero-order chi connectivity index (χ0) is 75.5. The van der Waals surface area contributed by atoms with Crippen LogP contribution >= 0.6 is 0 Å². The van der Waals surface area contributed by atoms with Crippen molar-refractivity contribution in [2.24, 2.45) is 17.8 Å². The molecule has 6 aromatic carbocycles. The van der Waals surface area contributed by atoms with Crippen molar-refractivity contribution in [2.75, 3.05) is 72.4 Å². The first-order valence-corrected chi connectivity index (χ1v) is 38.6. The molecule has 5 aliphatic rings. The molecule has 3 heterocycles. The number of urea groups is 3. The Morgan fingerprint density at radius 3 is 1.34 bits per heavy atom. The molecule has 6 aromatic rings. The summed E-state index contributed by atoms with van der Waals surface area (Å²) >= 11 is 0. The van der Waals surface area contributed by atoms with Crippen LogP contribution in [-0.4, -0.2) is 141 Å². The van der Waals surface area contributed by atoms with Crippen LogP contribution in [-0.2, 0) is 40.6 Å². The Morgan fingerprint density at radius 2 is 0.887 bits per heavy atom. The molecule has 1 saturated carbocycles. The summed E-state index contributed by atoms with van der Waals surface area (Å²) in [7, 11) is 0. The zero-order valence-corrected chi connectivity index (χ0v) is 63.9. The fraction of sp³-hybridized carbons (Fsp3) is 0.432. The molecule has 0 radical (unpaired) electrons. The van der Waals surface area contributed by atoms with E-state index in [1.807, 2.05) is 175 Å². The van der Waals surface area contributed by atoms with Gasteiger partial charge >= 0.3 is 18.1 Å². The summed E-state index contributed by atoms with van der Waals surface area (Å²) in [6, 6.07) is 48.5. The van der Waals surface area contributed by atoms with Crippen LogP contribution in [0.25, 0.3) is 0 Å². The van der Waals surface area contributed by atoms with E-state index in [2.05, 4.69) is 112 Å². The van der Waals surface area contributed by atoms with Crippen LogP contribution in [0.2, 0.25) is 0 Å². The predicted molar refractivity (Wildman–Crippen MR) is 432 cm³/mol. The standard InChI is InChI=1S/C31H38N4O2.C29H40N4O2.C28H38N4O2/c1-3-30(36)33-29-10-5-4-8-25(29)21-35(31(37)32-27-9-6-7-22(2)17-27)28-13-15-34(16-14-28)20-26-19-23-11-12-24(26)18-23;1-5-9-23(4)32-16-14-27(15-17-32)33(29(35)31-26-13-7-10-22(3)18-26)21-25-12-8-11-24(19-25)20-30-28(34)6-2;1-5-9-22(4)31-16-14-26(15-17-31)32(28(34)30-24-12-7-10-21(3)18-24)20-23-11-8-13-25(19-23)29-27(33)6-2/h3-12,17,23-24,26,28H,1,13-16,18-21H2,2H3,(H,32,37)(H,33,36);6-8,10-13,18-19,23,27H,2,5,9,14-17,20-21H2,1,3-4H3,(H,30,34)(H,31,35);6-8,10-13,18-19,22,26H,2,5,9,14-17,20H2,1,3-4H3,(H,29,33)(H,30,34). The molecule has 3 aliphatic heterocycles. The largest absolute Gasteiger partial charge is 0.348 e. The first kappa shape index (κ1) is 80.5. The molecule has 9 amide bonds. The Morgan fingerprint density at radius 1 is 0.462 bits per heavy atom. The molecule has 18 heteroatoms. The summed E-state index contributed by atoms with van der Waals surface area (Å²) < 4.78 is 0. The van der Waals surface area contributed by atoms with Crippen molar-refractivity contribution in [3.05, 3.63) is 235 Å². The normalized spacial score (nSPS) is 18.0. The van der Waals surface area contributed by atoms with Crippen LogP contribution in [0.4, 0.5) is 42.8 Å². The minimum atomic E-state index is -0.257. The van der Waals surface area contributed by atoms with Crippen LogP contribution in [0.1, 0.15) is 144 Å². The summed E-state index contributed by atoms with van der Waals surface area (Å²) in [5, 5.41) is 17.9. The lowest BCUT2D eigenvalue weighted by Gasteiger charge is -2.40. The topological polar surface area (TPSA) is 194 Å². The van der Waals surface area contributed by atoms with Gasteiger partial charge in [0.1, 0.15) is 0 Å². The lowest BCUT2D eigenvalue weighted by Crippen LogP contribution is -2.50. The number of nitrogens with one attached hydrogen (secondary N) is 6. The van der Waals surface area contributed by atoms with E-state index >= 15 is 0 Å². The van der Waals surface area contributed by atoms with Gasteiger partial charge in [0.15, 0.2) is 0 Å². The van der Waals surface area contributed by atoms with Gasteiger partial charge in [0.05, 0.1) is 0 Å². The first-order valence-electron chi connectivity index (χ1n) is 38.6. The van der Waals surface area contributed by atoms with E-state index in [9.17, 15) is 28.8 Å². The third-order valence-corrected chi connectivity index (χ3v) is 21.6. The molecule has 106 heavy (non-hydrogen) atoms. The monoisotopic (exact) mass is 1440 g/mol. The van der Waals surface area contributed by atoms with Gasteiger partial charge in [-0.3, -0.25) is 14.4 Å². The van der Waals surface area contributed by atoms with E-state index in [-0.39, 0.29) is 53.9 Å². The highest BCUT2D eigenvalue weighted by Crippen LogP contribution is 2.44. The lowest BCUT2D eigenvalue weighted by molar-refractivity contribution is -0.116. The van der Waals surface area contributed by atoms with E-state index in [1.54, 1.807) is 0 Å². The van der Waals surface area contributed by atoms with Crippen LogP contribution < -0.4 is 31.9 Å². The average molecular weight is 1440 g/mol. The third kappa shape index (κ3) is 24.5. The number of aryl methyl sites for hydroxylation is 3. The number of hydrogen-bond acceptors (Lipinski definition) is 9. The van der Waals surface area contributed by atoms with Gasteiger partial charge in [-0.25, -0.2) is 14.4 Å². The number of allylic oxidation sites excluding steroid dienone is 2. The molecular formula is C88H116N12O6. The zero-order valence-electron chi connectivity index (χ0n) is 63.9. The summed E-state index contributed by atoms with van der Waals surface area (Å²) in [6.45, 7) is 34.8. The van der Waals surface area contributed by atoms with Crippen molar-refractivity contribution in [2.45, 2.75) is 182 Å². The highest BCUT2D eigenvalue weighted by Gasteiger charge is 2.38. The fourth-order valence-corrected chi connectivity index (χ4v) is 15.8. The fourth-order valence-electron chi connectivity index (χ4n) is 15.8. The number of benzene rings is 6. The van der Waals surface area contributed by atoms with Crippen molar-refractivity contribution >= 4 is 64.3 Å². The second-order valence-electron chi connectivity index (χ2n) is 29.7. The number of anilines is 5. The van der Waals surface area contributed by atoms with E-state index in [0.29, 0.717) is 49.6 Å². The average Bonchev–Trinajstić information content (AvgIpc) is 1.68. The van der Waals surface area contributed by atoms with Gasteiger partial charge in [0.2, 0.25) is 17.7 Å². The van der Waals surface area contributed by atoms with E-state index in [0.717, 1.165) is 152 Å². The molecule has 5 unspecified atom stereocenters. The molecule has 3 saturated heterocycles. The van der Waals surface area contributed by atoms with Crippen LogP contribution in [0.5, 0.6) is 0 Å². The summed E-state index contributed by atoms with van der Waals surface area (Å²) in [5.41, 5.74) is 11.1. The van der Waals surface area contributed by atoms with Crippen LogP contribution in [0.15, 0.2) is 196 Å². The Hall–Kier alpha value is -9.62. The molecule has 4 fully saturated rings. The SMILES string of the molecule is C=CC(=O)NCc1cccc(CN(C(=O)Nc2cccc(C)c2)C2CCN(C(C)CCC)CC2)c1.C=CC(=O)Nc1cccc(CN(C(=O)Nc2cccc(C)c2)C2CCN(C(C)CCC)CC2)c1.C=CC(=O)Nc1ccccc1CN(C(=O)Nc1cccc(C)c1)C1CCN(CC2CC3C=CC2C3)CC1. The molecule has 0 spiro atoms. The minimum absolute atomic E-state index is 0.0685. The first-order chi connectivity index (χ1) is 51.3. The Kier molecular flexibility index (Phi) is 30.9. The van der Waals surface area contributed by atoms with E-state index < -0.39 is 0 Å². The number of piperidine rings is 3. The van der Waals surface area contributed by atoms with Gasteiger partial charge in [-0.15, -0.1) is 0 Å². The minimum Gasteiger partial charge on any atom is -0.348 e. The molecule has 564 valence electrons. The smallest absolute Gasteiger partial charge is 0.322 e.